The summed E-state index contributed by atoms with van der Waals surface area (Å²) in [7, 11) is 3.74. The number of nitrogens with zero attached hydrogens (tertiary/aromatic N) is 4. The third-order valence-corrected chi connectivity index (χ3v) is 5.16. The molecular formula is C20H30N6O. The van der Waals surface area contributed by atoms with E-state index < -0.39 is 0 Å². The fourth-order valence-corrected chi connectivity index (χ4v) is 3.41. The van der Waals surface area contributed by atoms with Gasteiger partial charge < -0.3 is 15.4 Å². The quantitative estimate of drug-likeness (QED) is 0.604. The topological polar surface area (TPSA) is 76.4 Å². The fourth-order valence-electron chi connectivity index (χ4n) is 3.41. The van der Waals surface area contributed by atoms with Crippen molar-refractivity contribution in [3.63, 3.8) is 0 Å². The molecule has 3 rings (SSSR count). The van der Waals surface area contributed by atoms with Crippen LogP contribution in [0.25, 0.3) is 0 Å². The summed E-state index contributed by atoms with van der Waals surface area (Å²) in [5.41, 5.74) is 4.50. The number of guanidine groups is 1. The van der Waals surface area contributed by atoms with Crippen molar-refractivity contribution < 1.29 is 4.74 Å². The minimum atomic E-state index is 0.337. The number of ether oxygens (including phenoxy) is 1. The standard InChI is InChI=1S/C20H30N6O/c1-14-18(15(2)26(4)25-14)13-24-20(21-3)23-12-16-9-10-19(22-11-16)27-17-7-5-6-8-17/h9-11,17H,5-8,12-13H2,1-4H3,(H2,21,23,24). The molecule has 0 amide bonds. The highest BCUT2D eigenvalue weighted by Gasteiger charge is 2.16. The Balaban J connectivity index is 1.48. The summed E-state index contributed by atoms with van der Waals surface area (Å²) in [6.45, 7) is 5.45. The van der Waals surface area contributed by atoms with Crippen LogP contribution in [0.4, 0.5) is 0 Å². The minimum absolute atomic E-state index is 0.337. The summed E-state index contributed by atoms with van der Waals surface area (Å²) < 4.78 is 7.82. The molecule has 0 aliphatic heterocycles. The number of nitrogens with one attached hydrogen (secondary N) is 2. The van der Waals surface area contributed by atoms with Crippen LogP contribution in [0, 0.1) is 13.8 Å². The molecule has 0 bridgehead atoms. The van der Waals surface area contributed by atoms with E-state index in [0.717, 1.165) is 41.6 Å². The van der Waals surface area contributed by atoms with E-state index in [1.165, 1.54) is 18.4 Å². The smallest absolute Gasteiger partial charge is 0.213 e. The largest absolute Gasteiger partial charge is 0.474 e. The van der Waals surface area contributed by atoms with E-state index in [1.54, 1.807) is 7.05 Å². The summed E-state index contributed by atoms with van der Waals surface area (Å²) in [6.07, 6.45) is 7.00. The van der Waals surface area contributed by atoms with Crippen LogP contribution in [0.5, 0.6) is 5.88 Å². The van der Waals surface area contributed by atoms with E-state index in [9.17, 15) is 0 Å². The van der Waals surface area contributed by atoms with Gasteiger partial charge in [0.1, 0.15) is 6.10 Å². The predicted octanol–water partition coefficient (Wildman–Crippen LogP) is 2.62. The second-order valence-corrected chi connectivity index (χ2v) is 7.08. The van der Waals surface area contributed by atoms with Gasteiger partial charge in [-0.2, -0.15) is 5.10 Å². The molecule has 0 unspecified atom stereocenters. The second kappa shape index (κ2) is 8.88. The number of aliphatic imine (C=N–C) groups is 1. The van der Waals surface area contributed by atoms with Gasteiger partial charge in [-0.3, -0.25) is 9.67 Å². The predicted molar refractivity (Wildman–Crippen MR) is 107 cm³/mol. The van der Waals surface area contributed by atoms with Crippen LogP contribution < -0.4 is 15.4 Å². The van der Waals surface area contributed by atoms with E-state index >= 15 is 0 Å². The number of hydrogen-bond donors (Lipinski definition) is 2. The van der Waals surface area contributed by atoms with Crippen LogP contribution in [0.2, 0.25) is 0 Å². The maximum absolute atomic E-state index is 5.91. The Morgan fingerprint density at radius 3 is 2.56 bits per heavy atom. The molecule has 0 atom stereocenters. The van der Waals surface area contributed by atoms with Crippen molar-refractivity contribution in [1.29, 1.82) is 0 Å². The number of aromatic nitrogens is 3. The molecule has 2 heterocycles. The van der Waals surface area contributed by atoms with E-state index in [0.29, 0.717) is 19.2 Å². The highest BCUT2D eigenvalue weighted by atomic mass is 16.5. The van der Waals surface area contributed by atoms with Crippen molar-refractivity contribution in [2.75, 3.05) is 7.05 Å². The molecule has 1 fully saturated rings. The van der Waals surface area contributed by atoms with E-state index in [4.69, 9.17) is 4.74 Å². The van der Waals surface area contributed by atoms with Gasteiger partial charge in [0.15, 0.2) is 5.96 Å². The summed E-state index contributed by atoms with van der Waals surface area (Å²) >= 11 is 0. The molecule has 0 saturated heterocycles. The van der Waals surface area contributed by atoms with E-state index in [2.05, 4.69) is 32.6 Å². The Morgan fingerprint density at radius 1 is 1.22 bits per heavy atom. The SMILES string of the molecule is CN=C(NCc1ccc(OC2CCCC2)nc1)NCc1c(C)nn(C)c1C. The molecule has 0 radical (unpaired) electrons. The van der Waals surface area contributed by atoms with Crippen molar-refractivity contribution in [2.24, 2.45) is 12.0 Å². The van der Waals surface area contributed by atoms with Crippen molar-refractivity contribution in [3.05, 3.63) is 40.8 Å². The van der Waals surface area contributed by atoms with E-state index in [1.807, 2.05) is 37.0 Å². The number of rotatable bonds is 6. The zero-order valence-corrected chi connectivity index (χ0v) is 16.7. The second-order valence-electron chi connectivity index (χ2n) is 7.08. The van der Waals surface area contributed by atoms with Gasteiger partial charge in [0.2, 0.25) is 5.88 Å². The van der Waals surface area contributed by atoms with Crippen LogP contribution in [0.15, 0.2) is 23.3 Å². The normalized spacial score (nSPS) is 15.2. The van der Waals surface area contributed by atoms with Gasteiger partial charge in [-0.25, -0.2) is 4.98 Å². The molecule has 1 aliphatic rings. The zero-order chi connectivity index (χ0) is 19.2. The molecule has 27 heavy (non-hydrogen) atoms. The van der Waals surface area contributed by atoms with Crippen LogP contribution in [-0.2, 0) is 20.1 Å². The lowest BCUT2D eigenvalue weighted by atomic mass is 10.2. The van der Waals surface area contributed by atoms with Gasteiger partial charge >= 0.3 is 0 Å². The Morgan fingerprint density at radius 2 is 1.96 bits per heavy atom. The highest BCUT2D eigenvalue weighted by molar-refractivity contribution is 5.79. The van der Waals surface area contributed by atoms with Crippen molar-refractivity contribution >= 4 is 5.96 Å². The Hall–Kier alpha value is -2.57. The van der Waals surface area contributed by atoms with Crippen LogP contribution in [0.3, 0.4) is 0 Å². The van der Waals surface area contributed by atoms with Gasteiger partial charge in [-0.05, 0) is 45.1 Å². The molecule has 7 heteroatoms. The van der Waals surface area contributed by atoms with Gasteiger partial charge in [-0.15, -0.1) is 0 Å². The minimum Gasteiger partial charge on any atom is -0.474 e. The number of hydrogen-bond acceptors (Lipinski definition) is 4. The average molecular weight is 371 g/mol. The zero-order valence-electron chi connectivity index (χ0n) is 16.7. The van der Waals surface area contributed by atoms with Gasteiger partial charge in [0.25, 0.3) is 0 Å². The van der Waals surface area contributed by atoms with Crippen molar-refractivity contribution in [1.82, 2.24) is 25.4 Å². The van der Waals surface area contributed by atoms with Gasteiger partial charge in [-0.1, -0.05) is 6.07 Å². The molecule has 2 N–H and O–H groups in total. The van der Waals surface area contributed by atoms with Crippen molar-refractivity contribution in [3.8, 4) is 5.88 Å². The first-order chi connectivity index (χ1) is 13.1. The molecule has 146 valence electrons. The molecule has 2 aromatic heterocycles. The van der Waals surface area contributed by atoms with Gasteiger partial charge in [0, 0.05) is 50.7 Å². The first-order valence-electron chi connectivity index (χ1n) is 9.62. The molecule has 2 aromatic rings. The number of pyridine rings is 1. The molecule has 0 aromatic carbocycles. The Bertz CT molecular complexity index is 775. The Labute approximate surface area is 161 Å². The highest BCUT2D eigenvalue weighted by Crippen LogP contribution is 2.22. The molecule has 7 nitrogen and oxygen atoms in total. The summed E-state index contributed by atoms with van der Waals surface area (Å²) in [4.78, 5) is 8.72. The maximum Gasteiger partial charge on any atom is 0.213 e. The van der Waals surface area contributed by atoms with Crippen molar-refractivity contribution in [2.45, 2.75) is 58.7 Å². The lowest BCUT2D eigenvalue weighted by molar-refractivity contribution is 0.201. The maximum atomic E-state index is 5.91. The Kier molecular flexibility index (Phi) is 6.32. The lowest BCUT2D eigenvalue weighted by Gasteiger charge is -2.14. The monoisotopic (exact) mass is 370 g/mol. The number of aryl methyl sites for hydroxylation is 2. The summed E-state index contributed by atoms with van der Waals surface area (Å²) in [5, 5.41) is 11.1. The summed E-state index contributed by atoms with van der Waals surface area (Å²) in [5.74, 6) is 1.47. The van der Waals surface area contributed by atoms with Crippen LogP contribution in [0.1, 0.15) is 48.2 Å². The van der Waals surface area contributed by atoms with Gasteiger partial charge in [0.05, 0.1) is 5.69 Å². The molecule has 0 spiro atoms. The third kappa shape index (κ3) is 4.99. The average Bonchev–Trinajstić information content (AvgIpc) is 3.26. The summed E-state index contributed by atoms with van der Waals surface area (Å²) in [6, 6.07) is 4.00. The van der Waals surface area contributed by atoms with E-state index in [-0.39, 0.29) is 0 Å². The third-order valence-electron chi connectivity index (χ3n) is 5.16. The fraction of sp³-hybridized carbons (Fsp3) is 0.550. The molecular weight excluding hydrogens is 340 g/mol. The first-order valence-corrected chi connectivity index (χ1v) is 9.62. The first kappa shape index (κ1) is 19.2. The van der Waals surface area contributed by atoms with Crippen LogP contribution >= 0.6 is 0 Å². The molecule has 1 aliphatic carbocycles. The molecule has 1 saturated carbocycles. The lowest BCUT2D eigenvalue weighted by Crippen LogP contribution is -2.36. The van der Waals surface area contributed by atoms with Crippen LogP contribution in [-0.4, -0.2) is 33.9 Å².